The maximum Gasteiger partial charge on any atom is 0.326 e. The topological polar surface area (TPSA) is 128 Å². The number of rotatable bonds is 7. The fourth-order valence-electron chi connectivity index (χ4n) is 2.13. The van der Waals surface area contributed by atoms with Crippen LogP contribution >= 0.6 is 27.5 Å². The van der Waals surface area contributed by atoms with Gasteiger partial charge in [0.1, 0.15) is 6.54 Å². The summed E-state index contributed by atoms with van der Waals surface area (Å²) in [5, 5.41) is 15.5. The number of esters is 1. The SMILES string of the molecule is CC(OC(=O)CNC(=O)c1cccc(Br)c1)C(=O)Nc1ccc([N+](=O)[O-])cc1Cl. The summed E-state index contributed by atoms with van der Waals surface area (Å²) in [6.07, 6.45) is -1.18. The van der Waals surface area contributed by atoms with Crippen molar-refractivity contribution < 1.29 is 24.0 Å². The normalized spacial score (nSPS) is 11.3. The Balaban J connectivity index is 1.86. The molecule has 2 amide bonds. The molecule has 1 atom stereocenters. The molecular formula is C18H15BrClN3O6. The van der Waals surface area contributed by atoms with E-state index < -0.39 is 35.4 Å². The molecule has 0 saturated heterocycles. The molecule has 0 bridgehead atoms. The Kier molecular flexibility index (Phi) is 7.68. The number of nitro groups is 1. The van der Waals surface area contributed by atoms with Gasteiger partial charge in [0, 0.05) is 22.2 Å². The number of hydrogen-bond acceptors (Lipinski definition) is 6. The number of ether oxygens (including phenoxy) is 1. The monoisotopic (exact) mass is 483 g/mol. The minimum absolute atomic E-state index is 0.0349. The number of amides is 2. The van der Waals surface area contributed by atoms with Crippen LogP contribution in [0.5, 0.6) is 0 Å². The van der Waals surface area contributed by atoms with E-state index in [-0.39, 0.29) is 16.4 Å². The number of benzene rings is 2. The highest BCUT2D eigenvalue weighted by atomic mass is 79.9. The summed E-state index contributed by atoms with van der Waals surface area (Å²) in [5.41, 5.74) is 0.257. The molecule has 11 heteroatoms. The largest absolute Gasteiger partial charge is 0.451 e. The number of carbonyl (C=O) groups is 3. The molecule has 0 fully saturated rings. The Hall–Kier alpha value is -2.98. The first-order chi connectivity index (χ1) is 13.7. The summed E-state index contributed by atoms with van der Waals surface area (Å²) in [4.78, 5) is 46.1. The van der Waals surface area contributed by atoms with Crippen LogP contribution in [0.1, 0.15) is 17.3 Å². The molecule has 0 aliphatic carbocycles. The van der Waals surface area contributed by atoms with Crippen molar-refractivity contribution in [3.63, 3.8) is 0 Å². The Labute approximate surface area is 178 Å². The quantitative estimate of drug-likeness (QED) is 0.352. The van der Waals surface area contributed by atoms with Gasteiger partial charge in [-0.15, -0.1) is 0 Å². The van der Waals surface area contributed by atoms with Crippen LogP contribution < -0.4 is 10.6 Å². The van der Waals surface area contributed by atoms with Gasteiger partial charge in [-0.2, -0.15) is 0 Å². The standard InChI is InChI=1S/C18H15BrClN3O6/c1-10(17(25)22-15-6-5-13(23(27)28)8-14(15)20)29-16(24)9-21-18(26)11-3-2-4-12(19)7-11/h2-8,10H,9H2,1H3,(H,21,26)(H,22,25). The second-order valence-electron chi connectivity index (χ2n) is 5.74. The molecule has 2 aromatic rings. The maximum absolute atomic E-state index is 12.1. The van der Waals surface area contributed by atoms with Crippen molar-refractivity contribution in [3.05, 3.63) is 67.6 Å². The third kappa shape index (κ3) is 6.54. The van der Waals surface area contributed by atoms with E-state index in [1.807, 2.05) is 0 Å². The predicted octanol–water partition coefficient (Wildman–Crippen LogP) is 3.31. The van der Waals surface area contributed by atoms with Gasteiger partial charge in [-0.3, -0.25) is 24.5 Å². The Bertz CT molecular complexity index is 968. The molecule has 29 heavy (non-hydrogen) atoms. The van der Waals surface area contributed by atoms with Gasteiger partial charge in [0.25, 0.3) is 17.5 Å². The Morgan fingerprint density at radius 3 is 2.59 bits per heavy atom. The van der Waals surface area contributed by atoms with Crippen LogP contribution in [0.3, 0.4) is 0 Å². The van der Waals surface area contributed by atoms with E-state index >= 15 is 0 Å². The summed E-state index contributed by atoms with van der Waals surface area (Å²) < 4.78 is 5.68. The Morgan fingerprint density at radius 2 is 1.97 bits per heavy atom. The summed E-state index contributed by atoms with van der Waals surface area (Å²) in [5.74, 6) is -1.98. The lowest BCUT2D eigenvalue weighted by Crippen LogP contribution is -2.35. The maximum atomic E-state index is 12.1. The van der Waals surface area contributed by atoms with Crippen molar-refractivity contribution in [1.82, 2.24) is 5.32 Å². The summed E-state index contributed by atoms with van der Waals surface area (Å²) in [6, 6.07) is 10.1. The van der Waals surface area contributed by atoms with Gasteiger partial charge in [0.05, 0.1) is 15.6 Å². The van der Waals surface area contributed by atoms with Crippen LogP contribution in [-0.2, 0) is 14.3 Å². The molecule has 2 rings (SSSR count). The molecule has 2 N–H and O–H groups in total. The zero-order valence-electron chi connectivity index (χ0n) is 15.0. The fraction of sp³-hybridized carbons (Fsp3) is 0.167. The van der Waals surface area contributed by atoms with Crippen LogP contribution in [0, 0.1) is 10.1 Å². The van der Waals surface area contributed by atoms with Crippen LogP contribution in [0.15, 0.2) is 46.9 Å². The van der Waals surface area contributed by atoms with Crippen LogP contribution in [0.25, 0.3) is 0 Å². The smallest absolute Gasteiger partial charge is 0.326 e. The zero-order valence-corrected chi connectivity index (χ0v) is 17.3. The lowest BCUT2D eigenvalue weighted by molar-refractivity contribution is -0.384. The number of nitrogens with zero attached hydrogens (tertiary/aromatic N) is 1. The summed E-state index contributed by atoms with van der Waals surface area (Å²) in [6.45, 7) is 0.907. The van der Waals surface area contributed by atoms with Crippen LogP contribution in [-0.4, -0.2) is 35.4 Å². The van der Waals surface area contributed by atoms with Crippen molar-refractivity contribution in [2.45, 2.75) is 13.0 Å². The van der Waals surface area contributed by atoms with Crippen LogP contribution in [0.4, 0.5) is 11.4 Å². The van der Waals surface area contributed by atoms with Gasteiger partial charge < -0.3 is 15.4 Å². The molecule has 0 spiro atoms. The van der Waals surface area contributed by atoms with Gasteiger partial charge in [0.2, 0.25) is 0 Å². The minimum atomic E-state index is -1.18. The molecular weight excluding hydrogens is 470 g/mol. The number of nitro benzene ring substituents is 1. The van der Waals surface area contributed by atoms with E-state index in [2.05, 4.69) is 26.6 Å². The van der Waals surface area contributed by atoms with Crippen LogP contribution in [0.2, 0.25) is 5.02 Å². The zero-order chi connectivity index (χ0) is 21.6. The van der Waals surface area contributed by atoms with Crippen molar-refractivity contribution in [3.8, 4) is 0 Å². The van der Waals surface area contributed by atoms with E-state index in [4.69, 9.17) is 16.3 Å². The van der Waals surface area contributed by atoms with Gasteiger partial charge in [0.15, 0.2) is 6.10 Å². The van der Waals surface area contributed by atoms with Gasteiger partial charge in [-0.05, 0) is 31.2 Å². The Morgan fingerprint density at radius 1 is 1.24 bits per heavy atom. The first-order valence-electron chi connectivity index (χ1n) is 8.15. The molecule has 0 heterocycles. The number of hydrogen-bond donors (Lipinski definition) is 2. The average molecular weight is 485 g/mol. The lowest BCUT2D eigenvalue weighted by atomic mass is 10.2. The second kappa shape index (κ2) is 9.99. The molecule has 0 saturated carbocycles. The van der Waals surface area contributed by atoms with E-state index in [9.17, 15) is 24.5 Å². The molecule has 152 valence electrons. The molecule has 1 unspecified atom stereocenters. The lowest BCUT2D eigenvalue weighted by Gasteiger charge is -2.14. The number of nitrogens with one attached hydrogen (secondary N) is 2. The van der Waals surface area contributed by atoms with Crippen molar-refractivity contribution in [2.75, 3.05) is 11.9 Å². The average Bonchev–Trinajstić information content (AvgIpc) is 2.67. The summed E-state index contributed by atoms with van der Waals surface area (Å²) in [7, 11) is 0. The second-order valence-corrected chi connectivity index (χ2v) is 7.06. The number of halogens is 2. The molecule has 0 radical (unpaired) electrons. The molecule has 0 aromatic heterocycles. The van der Waals surface area contributed by atoms with Crippen molar-refractivity contribution in [2.24, 2.45) is 0 Å². The van der Waals surface area contributed by atoms with Gasteiger partial charge in [-0.25, -0.2) is 0 Å². The predicted molar refractivity (Wildman–Crippen MR) is 109 cm³/mol. The highest BCUT2D eigenvalue weighted by Gasteiger charge is 2.20. The van der Waals surface area contributed by atoms with E-state index in [0.29, 0.717) is 10.0 Å². The first kappa shape index (κ1) is 22.3. The third-order valence-electron chi connectivity index (χ3n) is 3.58. The fourth-order valence-corrected chi connectivity index (χ4v) is 2.75. The van der Waals surface area contributed by atoms with Gasteiger partial charge in [-0.1, -0.05) is 33.6 Å². The molecule has 0 aliphatic rings. The number of non-ortho nitro benzene ring substituents is 1. The number of anilines is 1. The van der Waals surface area contributed by atoms with Crippen molar-refractivity contribution in [1.29, 1.82) is 0 Å². The first-order valence-corrected chi connectivity index (χ1v) is 9.32. The van der Waals surface area contributed by atoms with E-state index in [1.54, 1.807) is 24.3 Å². The third-order valence-corrected chi connectivity index (χ3v) is 4.38. The molecule has 9 nitrogen and oxygen atoms in total. The molecule has 0 aliphatic heterocycles. The highest BCUT2D eigenvalue weighted by Crippen LogP contribution is 2.26. The van der Waals surface area contributed by atoms with Crippen molar-refractivity contribution >= 4 is 56.7 Å². The molecule has 2 aromatic carbocycles. The summed E-state index contributed by atoms with van der Waals surface area (Å²) >= 11 is 9.15. The van der Waals surface area contributed by atoms with E-state index in [1.165, 1.54) is 19.1 Å². The van der Waals surface area contributed by atoms with E-state index in [0.717, 1.165) is 6.07 Å². The number of carbonyl (C=O) groups excluding carboxylic acids is 3. The van der Waals surface area contributed by atoms with Gasteiger partial charge >= 0.3 is 5.97 Å². The highest BCUT2D eigenvalue weighted by molar-refractivity contribution is 9.10. The minimum Gasteiger partial charge on any atom is -0.451 e.